The molecular formula is C19H21FN2O. The topological polar surface area (TPSA) is 32.3 Å². The average Bonchev–Trinajstić information content (AvgIpc) is 2.56. The van der Waals surface area contributed by atoms with E-state index >= 15 is 0 Å². The number of nitrogens with one attached hydrogen (secondary N) is 1. The summed E-state index contributed by atoms with van der Waals surface area (Å²) < 4.78 is 12.9. The zero-order valence-corrected chi connectivity index (χ0v) is 13.3. The first-order chi connectivity index (χ1) is 11.1. The van der Waals surface area contributed by atoms with E-state index in [1.165, 1.54) is 23.3 Å². The smallest absolute Gasteiger partial charge is 0.238 e. The van der Waals surface area contributed by atoms with Crippen molar-refractivity contribution in [3.63, 3.8) is 0 Å². The van der Waals surface area contributed by atoms with Crippen LogP contribution in [0.1, 0.15) is 30.0 Å². The molecule has 0 bridgehead atoms. The Hall–Kier alpha value is -2.20. The average molecular weight is 312 g/mol. The Labute approximate surface area is 136 Å². The highest BCUT2D eigenvalue weighted by Crippen LogP contribution is 2.33. The van der Waals surface area contributed by atoms with E-state index in [1.54, 1.807) is 12.1 Å². The Morgan fingerprint density at radius 2 is 1.96 bits per heavy atom. The van der Waals surface area contributed by atoms with Gasteiger partial charge in [0.15, 0.2) is 0 Å². The van der Waals surface area contributed by atoms with Crippen LogP contribution in [0.3, 0.4) is 0 Å². The van der Waals surface area contributed by atoms with Crippen LogP contribution < -0.4 is 5.32 Å². The lowest BCUT2D eigenvalue weighted by Crippen LogP contribution is -2.34. The third kappa shape index (κ3) is 3.77. The number of nitrogens with zero attached hydrogens (tertiary/aromatic N) is 1. The minimum absolute atomic E-state index is 0.0813. The molecule has 3 nitrogen and oxygen atoms in total. The van der Waals surface area contributed by atoms with Crippen molar-refractivity contribution in [2.75, 3.05) is 18.9 Å². The van der Waals surface area contributed by atoms with Crippen LogP contribution in [-0.2, 0) is 11.2 Å². The van der Waals surface area contributed by atoms with Gasteiger partial charge in [0.1, 0.15) is 5.82 Å². The van der Waals surface area contributed by atoms with Gasteiger partial charge in [-0.05, 0) is 61.7 Å². The number of fused-ring (bicyclic) bond motifs is 1. The van der Waals surface area contributed by atoms with Crippen LogP contribution in [0.25, 0.3) is 0 Å². The molecule has 0 fully saturated rings. The number of likely N-dealkylation sites (N-methyl/N-ethyl adjacent to an activating group) is 1. The Balaban J connectivity index is 1.64. The number of hydrogen-bond donors (Lipinski definition) is 1. The van der Waals surface area contributed by atoms with Crippen molar-refractivity contribution in [1.29, 1.82) is 0 Å². The molecule has 1 N–H and O–H groups in total. The van der Waals surface area contributed by atoms with Crippen molar-refractivity contribution in [2.24, 2.45) is 0 Å². The third-order valence-corrected chi connectivity index (χ3v) is 4.39. The molecule has 2 aromatic carbocycles. The maximum absolute atomic E-state index is 12.9. The molecule has 0 aliphatic heterocycles. The number of hydrogen-bond acceptors (Lipinski definition) is 2. The number of anilines is 1. The quantitative estimate of drug-likeness (QED) is 0.932. The van der Waals surface area contributed by atoms with E-state index in [-0.39, 0.29) is 17.8 Å². The monoisotopic (exact) mass is 312 g/mol. The van der Waals surface area contributed by atoms with Crippen molar-refractivity contribution < 1.29 is 9.18 Å². The van der Waals surface area contributed by atoms with E-state index < -0.39 is 0 Å². The number of benzene rings is 2. The molecule has 1 amide bonds. The molecule has 4 heteroatoms. The van der Waals surface area contributed by atoms with Gasteiger partial charge in [0, 0.05) is 11.7 Å². The van der Waals surface area contributed by atoms with Crippen molar-refractivity contribution in [3.05, 3.63) is 65.5 Å². The second-order valence-corrected chi connectivity index (χ2v) is 6.08. The fourth-order valence-corrected chi connectivity index (χ4v) is 3.26. The van der Waals surface area contributed by atoms with Crippen LogP contribution in [0.15, 0.2) is 48.5 Å². The molecule has 0 saturated carbocycles. The normalized spacial score (nSPS) is 16.9. The summed E-state index contributed by atoms with van der Waals surface area (Å²) in [6, 6.07) is 14.6. The van der Waals surface area contributed by atoms with E-state index in [1.807, 2.05) is 7.05 Å². The van der Waals surface area contributed by atoms with Gasteiger partial charge in [-0.1, -0.05) is 24.3 Å². The summed E-state index contributed by atoms with van der Waals surface area (Å²) in [5.74, 6) is -0.388. The maximum Gasteiger partial charge on any atom is 0.238 e. The van der Waals surface area contributed by atoms with Gasteiger partial charge in [0.25, 0.3) is 0 Å². The largest absolute Gasteiger partial charge is 0.325 e. The van der Waals surface area contributed by atoms with Crippen LogP contribution in [0.5, 0.6) is 0 Å². The van der Waals surface area contributed by atoms with Crippen molar-refractivity contribution in [2.45, 2.75) is 25.3 Å². The van der Waals surface area contributed by atoms with E-state index in [4.69, 9.17) is 0 Å². The fraction of sp³-hybridized carbons (Fsp3) is 0.316. The highest BCUT2D eigenvalue weighted by molar-refractivity contribution is 5.92. The second-order valence-electron chi connectivity index (χ2n) is 6.08. The summed E-state index contributed by atoms with van der Waals surface area (Å²) >= 11 is 0. The Bertz CT molecular complexity index is 684. The number of carbonyl (C=O) groups excluding carboxylic acids is 1. The maximum atomic E-state index is 12.9. The number of carbonyl (C=O) groups is 1. The van der Waals surface area contributed by atoms with Crippen molar-refractivity contribution >= 4 is 11.6 Å². The first-order valence-electron chi connectivity index (χ1n) is 7.97. The Morgan fingerprint density at radius 1 is 1.22 bits per heavy atom. The molecule has 0 unspecified atom stereocenters. The molecular weight excluding hydrogens is 291 g/mol. The van der Waals surface area contributed by atoms with Gasteiger partial charge in [-0.25, -0.2) is 4.39 Å². The zero-order chi connectivity index (χ0) is 16.2. The van der Waals surface area contributed by atoms with Crippen molar-refractivity contribution in [1.82, 2.24) is 4.90 Å². The summed E-state index contributed by atoms with van der Waals surface area (Å²) in [5.41, 5.74) is 3.33. The molecule has 2 aromatic rings. The highest BCUT2D eigenvalue weighted by Gasteiger charge is 2.24. The van der Waals surface area contributed by atoms with Gasteiger partial charge in [0.2, 0.25) is 5.91 Å². The molecule has 0 radical (unpaired) electrons. The highest BCUT2D eigenvalue weighted by atomic mass is 19.1. The van der Waals surface area contributed by atoms with E-state index in [2.05, 4.69) is 34.5 Å². The summed E-state index contributed by atoms with van der Waals surface area (Å²) in [7, 11) is 1.98. The number of aryl methyl sites for hydroxylation is 1. The summed E-state index contributed by atoms with van der Waals surface area (Å²) in [6.07, 6.45) is 3.32. The molecule has 23 heavy (non-hydrogen) atoms. The summed E-state index contributed by atoms with van der Waals surface area (Å²) in [6.45, 7) is 0.316. The molecule has 1 atom stereocenters. The summed E-state index contributed by atoms with van der Waals surface area (Å²) in [4.78, 5) is 14.3. The minimum Gasteiger partial charge on any atom is -0.325 e. The molecule has 0 saturated heterocycles. The minimum atomic E-state index is -0.307. The first-order valence-corrected chi connectivity index (χ1v) is 7.97. The number of amides is 1. The molecule has 0 spiro atoms. The molecule has 0 aromatic heterocycles. The SMILES string of the molecule is CN(CC(=O)Nc1ccc(F)cc1)[C@H]1CCCc2ccccc21. The van der Waals surface area contributed by atoms with Crippen LogP contribution in [0, 0.1) is 5.82 Å². The van der Waals surface area contributed by atoms with Gasteiger partial charge in [-0.2, -0.15) is 0 Å². The number of rotatable bonds is 4. The van der Waals surface area contributed by atoms with Gasteiger partial charge in [-0.3, -0.25) is 9.69 Å². The van der Waals surface area contributed by atoms with E-state index in [9.17, 15) is 9.18 Å². The van der Waals surface area contributed by atoms with Gasteiger partial charge in [-0.15, -0.1) is 0 Å². The lowest BCUT2D eigenvalue weighted by molar-refractivity contribution is -0.117. The standard InChI is InChI=1S/C19H21FN2O/c1-22(13-19(23)21-16-11-9-15(20)10-12-16)18-8-4-6-14-5-2-3-7-17(14)18/h2-3,5,7,9-12,18H,4,6,8,13H2,1H3,(H,21,23)/t18-/m0/s1. The van der Waals surface area contributed by atoms with Crippen LogP contribution in [0.2, 0.25) is 0 Å². The van der Waals surface area contributed by atoms with Crippen LogP contribution >= 0.6 is 0 Å². The lowest BCUT2D eigenvalue weighted by Gasteiger charge is -2.32. The lowest BCUT2D eigenvalue weighted by atomic mass is 9.87. The third-order valence-electron chi connectivity index (χ3n) is 4.39. The van der Waals surface area contributed by atoms with Gasteiger partial charge < -0.3 is 5.32 Å². The molecule has 0 heterocycles. The predicted octanol–water partition coefficient (Wildman–Crippen LogP) is 3.77. The number of halogens is 1. The van der Waals surface area contributed by atoms with Gasteiger partial charge in [0.05, 0.1) is 6.54 Å². The molecule has 3 rings (SSSR count). The summed E-state index contributed by atoms with van der Waals surface area (Å²) in [5, 5.41) is 2.82. The van der Waals surface area contributed by atoms with Gasteiger partial charge >= 0.3 is 0 Å². The van der Waals surface area contributed by atoms with Crippen LogP contribution in [0.4, 0.5) is 10.1 Å². The zero-order valence-electron chi connectivity index (χ0n) is 13.3. The van der Waals surface area contributed by atoms with Crippen LogP contribution in [-0.4, -0.2) is 24.4 Å². The Morgan fingerprint density at radius 3 is 2.74 bits per heavy atom. The predicted molar refractivity (Wildman–Crippen MR) is 89.8 cm³/mol. The van der Waals surface area contributed by atoms with Crippen molar-refractivity contribution in [3.8, 4) is 0 Å². The molecule has 1 aliphatic rings. The van der Waals surface area contributed by atoms with E-state index in [0.717, 1.165) is 19.3 Å². The fourth-order valence-electron chi connectivity index (χ4n) is 3.26. The second kappa shape index (κ2) is 6.92. The van der Waals surface area contributed by atoms with E-state index in [0.29, 0.717) is 12.2 Å². The first kappa shape index (κ1) is 15.7. The molecule has 1 aliphatic carbocycles. The Kier molecular flexibility index (Phi) is 4.72. The molecule has 120 valence electrons.